The summed E-state index contributed by atoms with van der Waals surface area (Å²) in [6.45, 7) is 11.9. The van der Waals surface area contributed by atoms with Crippen LogP contribution in [-0.4, -0.2) is 96.7 Å². The molecule has 0 heterocycles. The average molecular weight is 1440 g/mol. The second-order valence-corrected chi connectivity index (χ2v) is 32.8. The number of phosphoric ester groups is 2. The van der Waals surface area contributed by atoms with E-state index in [0.29, 0.717) is 25.7 Å². The molecule has 0 saturated heterocycles. The lowest BCUT2D eigenvalue weighted by Crippen LogP contribution is -2.30. The van der Waals surface area contributed by atoms with Crippen LogP contribution in [0.3, 0.4) is 0 Å². The smallest absolute Gasteiger partial charge is 0.462 e. The Morgan fingerprint density at radius 2 is 0.469 bits per heavy atom. The lowest BCUT2D eigenvalue weighted by molar-refractivity contribution is -0.161. The first-order valence-corrected chi connectivity index (χ1v) is 43.8. The summed E-state index contributed by atoms with van der Waals surface area (Å²) in [5.41, 5.74) is 0. The van der Waals surface area contributed by atoms with E-state index in [1.165, 1.54) is 218 Å². The Morgan fingerprint density at radius 3 is 0.694 bits per heavy atom. The van der Waals surface area contributed by atoms with Crippen molar-refractivity contribution in [3.63, 3.8) is 0 Å². The number of phosphoric acid groups is 2. The number of hydrogen-bond donors (Lipinski definition) is 3. The normalized spacial score (nSPS) is 14.0. The Kier molecular flexibility index (Phi) is 68.1. The van der Waals surface area contributed by atoms with Crippen LogP contribution >= 0.6 is 15.6 Å². The van der Waals surface area contributed by atoms with E-state index < -0.39 is 97.5 Å². The van der Waals surface area contributed by atoms with Crippen LogP contribution in [0.15, 0.2) is 0 Å². The minimum absolute atomic E-state index is 0.107. The van der Waals surface area contributed by atoms with E-state index in [2.05, 4.69) is 48.5 Å². The van der Waals surface area contributed by atoms with E-state index in [4.69, 9.17) is 37.0 Å². The summed E-state index contributed by atoms with van der Waals surface area (Å²) >= 11 is 0. The lowest BCUT2D eigenvalue weighted by atomic mass is 10.0. The standard InChI is InChI=1S/C79H154O17P2/c1-8-9-10-11-12-13-14-18-26-33-41-48-55-62-78(83)96-75(67-90-77(82)61-54-47-40-35-28-31-38-45-52-59-72(6)7)69-94-98(87,88)92-65-73(80)64-91-97(85,86)93-68-74(66-89-76(81)60-53-46-39-32-25-22-21-24-30-37-44-51-58-71(4)5)95-79(84)63-56-49-42-34-27-20-17-15-16-19-23-29-36-43-50-57-70(2)3/h70-75,80H,8-69H2,1-7H3,(H,85,86)(H,87,88)/t73-,74-,75-/m1/s1. The van der Waals surface area contributed by atoms with Crippen molar-refractivity contribution in [1.29, 1.82) is 0 Å². The Hall–Kier alpha value is -1.94. The molecule has 582 valence electrons. The molecular formula is C79H154O17P2. The molecule has 19 heteroatoms. The highest BCUT2D eigenvalue weighted by Gasteiger charge is 2.30. The molecule has 0 fully saturated rings. The number of rotatable bonds is 77. The Bertz CT molecular complexity index is 1900. The third-order valence-corrected chi connectivity index (χ3v) is 20.3. The first-order chi connectivity index (χ1) is 47.2. The molecule has 0 bridgehead atoms. The maximum Gasteiger partial charge on any atom is 0.472 e. The number of ether oxygens (including phenoxy) is 4. The van der Waals surface area contributed by atoms with Gasteiger partial charge in [-0.2, -0.15) is 0 Å². The van der Waals surface area contributed by atoms with E-state index in [9.17, 15) is 43.2 Å². The van der Waals surface area contributed by atoms with Gasteiger partial charge in [0.1, 0.15) is 19.3 Å². The van der Waals surface area contributed by atoms with Crippen molar-refractivity contribution in [2.75, 3.05) is 39.6 Å². The molecule has 0 aliphatic carbocycles. The molecule has 0 aliphatic heterocycles. The van der Waals surface area contributed by atoms with Gasteiger partial charge in [-0.05, 0) is 43.4 Å². The molecule has 0 spiro atoms. The number of aliphatic hydroxyl groups is 1. The number of aliphatic hydroxyl groups excluding tert-OH is 1. The molecule has 0 amide bonds. The van der Waals surface area contributed by atoms with Crippen molar-refractivity contribution >= 4 is 39.5 Å². The molecule has 3 N–H and O–H groups in total. The maximum atomic E-state index is 13.1. The molecule has 0 saturated carbocycles. The maximum absolute atomic E-state index is 13.1. The molecule has 0 aromatic carbocycles. The Balaban J connectivity index is 5.26. The number of hydrogen-bond acceptors (Lipinski definition) is 15. The molecule has 5 atom stereocenters. The zero-order valence-corrected chi connectivity index (χ0v) is 66.0. The molecule has 98 heavy (non-hydrogen) atoms. The van der Waals surface area contributed by atoms with Gasteiger partial charge >= 0.3 is 39.5 Å². The van der Waals surface area contributed by atoms with Gasteiger partial charge in [0.2, 0.25) is 0 Å². The van der Waals surface area contributed by atoms with Gasteiger partial charge in [-0.15, -0.1) is 0 Å². The summed E-state index contributed by atoms with van der Waals surface area (Å²) in [4.78, 5) is 73.0. The van der Waals surface area contributed by atoms with Crippen LogP contribution in [0.25, 0.3) is 0 Å². The van der Waals surface area contributed by atoms with Gasteiger partial charge in [-0.1, -0.05) is 357 Å². The van der Waals surface area contributed by atoms with Crippen molar-refractivity contribution in [2.24, 2.45) is 17.8 Å². The van der Waals surface area contributed by atoms with Crippen LogP contribution in [0.5, 0.6) is 0 Å². The van der Waals surface area contributed by atoms with Crippen LogP contribution in [0, 0.1) is 17.8 Å². The van der Waals surface area contributed by atoms with Gasteiger partial charge in [0, 0.05) is 25.7 Å². The zero-order valence-electron chi connectivity index (χ0n) is 64.3. The lowest BCUT2D eigenvalue weighted by Gasteiger charge is -2.21. The van der Waals surface area contributed by atoms with Crippen molar-refractivity contribution < 1.29 is 80.2 Å². The van der Waals surface area contributed by atoms with Gasteiger partial charge in [0.25, 0.3) is 0 Å². The monoisotopic (exact) mass is 1440 g/mol. The summed E-state index contributed by atoms with van der Waals surface area (Å²) < 4.78 is 68.7. The van der Waals surface area contributed by atoms with E-state index in [0.717, 1.165) is 108 Å². The van der Waals surface area contributed by atoms with E-state index in [1.807, 2.05) is 0 Å². The third kappa shape index (κ3) is 72.4. The number of carbonyl (C=O) groups excluding carboxylic acids is 4. The molecule has 0 aromatic heterocycles. The highest BCUT2D eigenvalue weighted by atomic mass is 31.2. The highest BCUT2D eigenvalue weighted by Crippen LogP contribution is 2.45. The second-order valence-electron chi connectivity index (χ2n) is 29.9. The predicted molar refractivity (Wildman–Crippen MR) is 400 cm³/mol. The van der Waals surface area contributed by atoms with Crippen LogP contribution in [0.2, 0.25) is 0 Å². The Labute approximate surface area is 600 Å². The van der Waals surface area contributed by atoms with Crippen molar-refractivity contribution in [3.05, 3.63) is 0 Å². The van der Waals surface area contributed by atoms with E-state index >= 15 is 0 Å². The molecule has 0 rings (SSSR count). The SMILES string of the molecule is CCCCCCCCCCCCCCCC(=O)O[C@H](COC(=O)CCCCCCCCCCCC(C)C)COP(=O)(O)OC[C@H](O)COP(=O)(O)OC[C@@H](COC(=O)CCCCCCCCCCCCCCC(C)C)OC(=O)CCCCCCCCCCCCCCCCCC(C)C. The van der Waals surface area contributed by atoms with Crippen molar-refractivity contribution in [2.45, 2.75) is 426 Å². The van der Waals surface area contributed by atoms with Crippen LogP contribution < -0.4 is 0 Å². The van der Waals surface area contributed by atoms with Gasteiger partial charge in [0.05, 0.1) is 26.4 Å². The topological polar surface area (TPSA) is 237 Å². The fourth-order valence-corrected chi connectivity index (χ4v) is 13.7. The van der Waals surface area contributed by atoms with Gasteiger partial charge in [-0.25, -0.2) is 9.13 Å². The quantitative estimate of drug-likeness (QED) is 0.0222. The van der Waals surface area contributed by atoms with Gasteiger partial charge < -0.3 is 33.8 Å². The molecule has 0 aliphatic rings. The van der Waals surface area contributed by atoms with Gasteiger partial charge in [0.15, 0.2) is 12.2 Å². The fraction of sp³-hybridized carbons (Fsp3) is 0.949. The van der Waals surface area contributed by atoms with Crippen LogP contribution in [0.4, 0.5) is 0 Å². The van der Waals surface area contributed by atoms with Crippen LogP contribution in [0.1, 0.15) is 408 Å². The number of unbranched alkanes of at least 4 members (excludes halogenated alkanes) is 45. The van der Waals surface area contributed by atoms with E-state index in [1.54, 1.807) is 0 Å². The summed E-state index contributed by atoms with van der Waals surface area (Å²) in [6, 6.07) is 0. The third-order valence-electron chi connectivity index (χ3n) is 18.4. The van der Waals surface area contributed by atoms with E-state index in [-0.39, 0.29) is 25.7 Å². The first-order valence-electron chi connectivity index (χ1n) is 40.8. The second kappa shape index (κ2) is 69.4. The molecular weight excluding hydrogens is 1280 g/mol. The number of carbonyl (C=O) groups is 4. The van der Waals surface area contributed by atoms with Crippen molar-refractivity contribution in [1.82, 2.24) is 0 Å². The summed E-state index contributed by atoms with van der Waals surface area (Å²) in [5.74, 6) is 0.217. The summed E-state index contributed by atoms with van der Waals surface area (Å²) in [7, 11) is -9.92. The predicted octanol–water partition coefficient (Wildman–Crippen LogP) is 23.4. The zero-order chi connectivity index (χ0) is 72.3. The largest absolute Gasteiger partial charge is 0.472 e. The molecule has 0 radical (unpaired) electrons. The number of esters is 4. The van der Waals surface area contributed by atoms with Crippen molar-refractivity contribution in [3.8, 4) is 0 Å². The fourth-order valence-electron chi connectivity index (χ4n) is 12.1. The van der Waals surface area contributed by atoms with Gasteiger partial charge in [-0.3, -0.25) is 37.3 Å². The summed E-state index contributed by atoms with van der Waals surface area (Å²) in [5, 5.41) is 10.6. The highest BCUT2D eigenvalue weighted by molar-refractivity contribution is 7.47. The minimum atomic E-state index is -4.96. The molecule has 2 unspecified atom stereocenters. The van der Waals surface area contributed by atoms with Crippen LogP contribution in [-0.2, 0) is 65.4 Å². The summed E-state index contributed by atoms with van der Waals surface area (Å²) in [6.07, 6.45) is 56.8. The Morgan fingerprint density at radius 1 is 0.276 bits per heavy atom. The average Bonchev–Trinajstić information content (AvgIpc) is 1.51. The first kappa shape index (κ1) is 96.1. The molecule has 0 aromatic rings. The molecule has 17 nitrogen and oxygen atoms in total. The minimum Gasteiger partial charge on any atom is -0.462 e.